The summed E-state index contributed by atoms with van der Waals surface area (Å²) in [4.78, 5) is 60.1. The molecule has 154 valence electrons. The summed E-state index contributed by atoms with van der Waals surface area (Å²) in [7, 11) is 0. The van der Waals surface area contributed by atoms with Gasteiger partial charge in [0.1, 0.15) is 12.3 Å². The van der Waals surface area contributed by atoms with Crippen LogP contribution < -0.4 is 5.32 Å². The quantitative estimate of drug-likeness (QED) is 0.198. The lowest BCUT2D eigenvalue weighted by atomic mass is 9.95. The lowest BCUT2D eigenvalue weighted by Gasteiger charge is -2.50. The number of thiophene rings is 1. The maximum absolute atomic E-state index is 12.7. The van der Waals surface area contributed by atoms with Crippen molar-refractivity contribution in [2.45, 2.75) is 24.4 Å². The van der Waals surface area contributed by atoms with Gasteiger partial charge in [-0.2, -0.15) is 0 Å². The average molecular weight is 441 g/mol. The molecule has 0 spiro atoms. The molecule has 0 aromatic carbocycles. The molecule has 0 saturated carbocycles. The minimum atomic E-state index is -2.45. The predicted octanol–water partition coefficient (Wildman–Crippen LogP) is 0.197. The number of carboxylic acid groups (broad SMARTS) is 1. The topological polar surface area (TPSA) is 156 Å². The van der Waals surface area contributed by atoms with Crippen molar-refractivity contribution in [3.05, 3.63) is 43.8 Å². The van der Waals surface area contributed by atoms with E-state index in [-0.39, 0.29) is 24.4 Å². The Bertz CT molecular complexity index is 929. The van der Waals surface area contributed by atoms with E-state index >= 15 is 0 Å². The van der Waals surface area contributed by atoms with Gasteiger partial charge in [0.2, 0.25) is 5.91 Å². The van der Waals surface area contributed by atoms with E-state index in [1.54, 1.807) is 17.5 Å². The number of esters is 1. The van der Waals surface area contributed by atoms with Crippen LogP contribution in [-0.2, 0) is 30.3 Å². The first-order valence-electron chi connectivity index (χ1n) is 8.20. The van der Waals surface area contributed by atoms with Gasteiger partial charge in [-0.05, 0) is 11.4 Å². The van der Waals surface area contributed by atoms with Crippen LogP contribution >= 0.6 is 23.1 Å². The zero-order valence-electron chi connectivity index (χ0n) is 14.9. The Morgan fingerprint density at radius 3 is 2.76 bits per heavy atom. The maximum Gasteiger partial charge on any atom is 0.404 e. The fourth-order valence-corrected chi connectivity index (χ4v) is 5.18. The molecule has 2 atom stereocenters. The highest BCUT2D eigenvalue weighted by Gasteiger charge is 2.75. The predicted molar refractivity (Wildman–Crippen MR) is 100 cm³/mol. The van der Waals surface area contributed by atoms with Crippen molar-refractivity contribution in [3.63, 3.8) is 0 Å². The number of nitro groups is 1. The van der Waals surface area contributed by atoms with E-state index in [9.17, 15) is 34.4 Å². The fourth-order valence-electron chi connectivity index (χ4n) is 3.06. The number of carbonyl (C=O) groups excluding carboxylic acids is 3. The van der Waals surface area contributed by atoms with Crippen LogP contribution in [0, 0.1) is 10.1 Å². The van der Waals surface area contributed by atoms with Gasteiger partial charge in [-0.3, -0.25) is 34.7 Å². The highest BCUT2D eigenvalue weighted by atomic mass is 32.2. The van der Waals surface area contributed by atoms with Gasteiger partial charge < -0.3 is 9.84 Å². The molecule has 1 saturated heterocycles. The first-order valence-corrected chi connectivity index (χ1v) is 10.1. The van der Waals surface area contributed by atoms with Gasteiger partial charge in [0.25, 0.3) is 0 Å². The molecule has 29 heavy (non-hydrogen) atoms. The van der Waals surface area contributed by atoms with Crippen LogP contribution in [0.15, 0.2) is 28.8 Å². The Kier molecular flexibility index (Phi) is 5.61. The Morgan fingerprint density at radius 1 is 1.48 bits per heavy atom. The molecular weight excluding hydrogens is 426 g/mol. The van der Waals surface area contributed by atoms with Crippen LogP contribution in [0.25, 0.3) is 0 Å². The maximum atomic E-state index is 12.7. The third-order valence-corrected chi connectivity index (χ3v) is 6.57. The van der Waals surface area contributed by atoms with E-state index in [2.05, 4.69) is 5.32 Å². The van der Waals surface area contributed by atoms with E-state index in [0.29, 0.717) is 4.88 Å². The number of rotatable bonds is 7. The zero-order valence-corrected chi connectivity index (χ0v) is 16.6. The Morgan fingerprint density at radius 2 is 2.21 bits per heavy atom. The molecular formula is C16H15N3O8S2. The summed E-state index contributed by atoms with van der Waals surface area (Å²) in [5, 5.41) is 24.0. The molecule has 2 amide bonds. The molecule has 13 heteroatoms. The Balaban J connectivity index is 1.87. The number of thioether (sulfide) groups is 1. The van der Waals surface area contributed by atoms with E-state index in [1.807, 2.05) is 0 Å². The van der Waals surface area contributed by atoms with Gasteiger partial charge in [-0.15, -0.1) is 23.1 Å². The number of carbonyl (C=O) groups is 4. The van der Waals surface area contributed by atoms with Crippen LogP contribution in [0.3, 0.4) is 0 Å². The lowest BCUT2D eigenvalue weighted by molar-refractivity contribution is -0.573. The van der Waals surface area contributed by atoms with Crippen molar-refractivity contribution in [1.82, 2.24) is 10.2 Å². The van der Waals surface area contributed by atoms with Gasteiger partial charge in [0.15, 0.2) is 5.37 Å². The summed E-state index contributed by atoms with van der Waals surface area (Å²) in [6.07, 6.45) is -0.142. The van der Waals surface area contributed by atoms with Crippen molar-refractivity contribution in [2.75, 3.05) is 12.4 Å². The third kappa shape index (κ3) is 3.58. The number of aliphatic carboxylic acids is 1. The van der Waals surface area contributed by atoms with Crippen molar-refractivity contribution < 1.29 is 33.9 Å². The van der Waals surface area contributed by atoms with Crippen molar-refractivity contribution in [2.24, 2.45) is 0 Å². The third-order valence-electron chi connectivity index (χ3n) is 4.31. The van der Waals surface area contributed by atoms with Gasteiger partial charge in [0, 0.05) is 23.1 Å². The average Bonchev–Trinajstić information content (AvgIpc) is 3.15. The van der Waals surface area contributed by atoms with E-state index in [0.717, 1.165) is 23.6 Å². The molecule has 3 heterocycles. The van der Waals surface area contributed by atoms with Gasteiger partial charge >= 0.3 is 23.5 Å². The minimum Gasteiger partial charge on any atom is -0.477 e. The molecule has 0 radical (unpaired) electrons. The number of nitrogens with zero attached hydrogens (tertiary/aromatic N) is 2. The molecule has 2 aliphatic heterocycles. The monoisotopic (exact) mass is 441 g/mol. The van der Waals surface area contributed by atoms with Gasteiger partial charge in [-0.1, -0.05) is 6.07 Å². The number of hydrogen-bond acceptors (Lipinski definition) is 9. The molecule has 2 aliphatic rings. The summed E-state index contributed by atoms with van der Waals surface area (Å²) < 4.78 is 4.81. The second kappa shape index (κ2) is 7.83. The number of nitrogens with one attached hydrogen (secondary N) is 1. The number of carboxylic acids is 1. The molecule has 1 fully saturated rings. The van der Waals surface area contributed by atoms with Gasteiger partial charge in [0.05, 0.1) is 11.3 Å². The minimum absolute atomic E-state index is 0.0141. The molecule has 0 bridgehead atoms. The summed E-state index contributed by atoms with van der Waals surface area (Å²) in [5.41, 5.74) is -2.78. The Hall–Kier alpha value is -2.93. The molecule has 0 aliphatic carbocycles. The first-order chi connectivity index (χ1) is 13.7. The first kappa shape index (κ1) is 20.8. The van der Waals surface area contributed by atoms with E-state index in [1.165, 1.54) is 11.3 Å². The molecule has 11 nitrogen and oxygen atoms in total. The second-order valence-electron chi connectivity index (χ2n) is 6.20. The van der Waals surface area contributed by atoms with Crippen LogP contribution in [-0.4, -0.2) is 62.1 Å². The smallest absolute Gasteiger partial charge is 0.404 e. The molecule has 1 unspecified atom stereocenters. The fraction of sp³-hybridized carbons (Fsp3) is 0.375. The van der Waals surface area contributed by atoms with Gasteiger partial charge in [-0.25, -0.2) is 4.79 Å². The molecule has 1 aromatic heterocycles. The highest BCUT2D eigenvalue weighted by molar-refractivity contribution is 8.00. The SMILES string of the molecule is CC(=O)OCC1=C(C(=O)O)N2C(=O)C(NC(=O)Cc3cccs3)([N+](=O)[O-])[C@H]2SC1. The number of β-lactam (4-membered cyclic amide) rings is 1. The molecule has 2 N–H and O–H groups in total. The second-order valence-corrected chi connectivity index (χ2v) is 8.30. The van der Waals surface area contributed by atoms with Crippen molar-refractivity contribution in [3.8, 4) is 0 Å². The largest absolute Gasteiger partial charge is 0.477 e. The molecule has 3 rings (SSSR count). The number of ether oxygens (including phenoxy) is 1. The van der Waals surface area contributed by atoms with Crippen LogP contribution in [0.5, 0.6) is 0 Å². The van der Waals surface area contributed by atoms with Crippen molar-refractivity contribution >= 4 is 46.9 Å². The number of hydrogen-bond donors (Lipinski definition) is 2. The summed E-state index contributed by atoms with van der Waals surface area (Å²) >= 11 is 2.21. The normalized spacial score (nSPS) is 23.1. The van der Waals surface area contributed by atoms with Crippen LogP contribution in [0.4, 0.5) is 0 Å². The highest BCUT2D eigenvalue weighted by Crippen LogP contribution is 2.46. The summed E-state index contributed by atoms with van der Waals surface area (Å²) in [6, 6.07) is 3.40. The Labute approximate surface area is 171 Å². The van der Waals surface area contributed by atoms with E-state index in [4.69, 9.17) is 4.74 Å². The number of fused-ring (bicyclic) bond motifs is 1. The summed E-state index contributed by atoms with van der Waals surface area (Å²) in [5.74, 6) is -4.00. The van der Waals surface area contributed by atoms with E-state index < -0.39 is 45.4 Å². The van der Waals surface area contributed by atoms with Crippen molar-refractivity contribution in [1.29, 1.82) is 0 Å². The standard InChI is InChI=1S/C16H15N3O8S2/c1-8(20)27-6-9-7-29-15-16(19(25)26,14(24)18(15)12(9)13(22)23)17-11(21)5-10-3-2-4-28-10/h2-4,15H,5-7H2,1H3,(H,17,21)(H,22,23)/t15-,16?/m1/s1. The zero-order chi connectivity index (χ0) is 21.3. The summed E-state index contributed by atoms with van der Waals surface area (Å²) in [6.45, 7) is 0.798. The van der Waals surface area contributed by atoms with Crippen LogP contribution in [0.2, 0.25) is 0 Å². The van der Waals surface area contributed by atoms with Crippen LogP contribution in [0.1, 0.15) is 11.8 Å². The molecule has 1 aromatic rings. The number of amides is 2. The lowest BCUT2D eigenvalue weighted by Crippen LogP contribution is -2.83.